The molecule has 0 aliphatic heterocycles. The molecule has 10 heteroatoms. The zero-order valence-corrected chi connectivity index (χ0v) is 12.4. The summed E-state index contributed by atoms with van der Waals surface area (Å²) in [6, 6.07) is 3.80. The van der Waals surface area contributed by atoms with Gasteiger partial charge in [-0.3, -0.25) is 20.2 Å². The van der Waals surface area contributed by atoms with Crippen LogP contribution in [0.4, 0.5) is 11.6 Å². The number of benzene rings is 1. The highest BCUT2D eigenvalue weighted by Crippen LogP contribution is 2.25. The average molecular weight is 328 g/mol. The first-order valence-corrected chi connectivity index (χ1v) is 7.18. The van der Waals surface area contributed by atoms with Crippen molar-refractivity contribution in [2.75, 3.05) is 11.1 Å². The van der Waals surface area contributed by atoms with Gasteiger partial charge in [-0.2, -0.15) is 4.98 Å². The Morgan fingerprint density at radius 1 is 1.57 bits per heavy atom. The smallest absolute Gasteiger partial charge is 0.288 e. The van der Waals surface area contributed by atoms with E-state index in [2.05, 4.69) is 20.5 Å². The lowest BCUT2D eigenvalue weighted by Crippen LogP contribution is -2.13. The predicted octanol–water partition coefficient (Wildman–Crippen LogP) is 2.73. The van der Waals surface area contributed by atoms with Crippen molar-refractivity contribution in [2.24, 2.45) is 0 Å². The number of nitro groups is 1. The number of H-pyrrole nitrogens is 1. The van der Waals surface area contributed by atoms with Gasteiger partial charge < -0.3 is 0 Å². The number of nitrogens with zero attached hydrogens (tertiary/aromatic N) is 3. The van der Waals surface area contributed by atoms with E-state index in [0.717, 1.165) is 11.8 Å². The van der Waals surface area contributed by atoms with E-state index in [4.69, 9.17) is 11.6 Å². The summed E-state index contributed by atoms with van der Waals surface area (Å²) >= 11 is 7.11. The Morgan fingerprint density at radius 3 is 3.00 bits per heavy atom. The van der Waals surface area contributed by atoms with Crippen molar-refractivity contribution in [1.82, 2.24) is 15.2 Å². The van der Waals surface area contributed by atoms with Crippen molar-refractivity contribution in [3.05, 3.63) is 38.9 Å². The van der Waals surface area contributed by atoms with Crippen molar-refractivity contribution in [1.29, 1.82) is 0 Å². The van der Waals surface area contributed by atoms with Gasteiger partial charge in [-0.1, -0.05) is 30.3 Å². The normalized spacial score (nSPS) is 10.4. The van der Waals surface area contributed by atoms with Crippen LogP contribution in [0, 0.1) is 10.1 Å². The van der Waals surface area contributed by atoms with Crippen molar-refractivity contribution in [2.45, 2.75) is 12.1 Å². The van der Waals surface area contributed by atoms with E-state index in [0.29, 0.717) is 5.16 Å². The highest BCUT2D eigenvalue weighted by Gasteiger charge is 2.17. The summed E-state index contributed by atoms with van der Waals surface area (Å²) in [5.74, 6) is 0.432. The van der Waals surface area contributed by atoms with Gasteiger partial charge in [0, 0.05) is 11.6 Å². The Morgan fingerprint density at radius 2 is 2.33 bits per heavy atom. The lowest BCUT2D eigenvalue weighted by Gasteiger charge is -2.02. The number of aromatic nitrogens is 3. The number of carbonyl (C=O) groups is 1. The number of halogens is 1. The van der Waals surface area contributed by atoms with Crippen LogP contribution in [0.2, 0.25) is 5.02 Å². The van der Waals surface area contributed by atoms with Gasteiger partial charge in [-0.15, -0.1) is 5.10 Å². The molecule has 0 fully saturated rings. The third-order valence-electron chi connectivity index (χ3n) is 2.38. The van der Waals surface area contributed by atoms with Gasteiger partial charge in [0.1, 0.15) is 5.02 Å². The fraction of sp³-hybridized carbons (Fsp3) is 0.182. The SMILES string of the molecule is CCSc1n[nH]c(NC(=O)c2ccc(Cl)c([N+](=O)[O-])c2)n1. The number of carbonyl (C=O) groups excluding carboxylic acids is 1. The maximum atomic E-state index is 12.0. The predicted molar refractivity (Wildman–Crippen MR) is 78.8 cm³/mol. The van der Waals surface area contributed by atoms with Crippen molar-refractivity contribution in [3.63, 3.8) is 0 Å². The first-order valence-electron chi connectivity index (χ1n) is 5.81. The molecule has 0 bridgehead atoms. The quantitative estimate of drug-likeness (QED) is 0.496. The van der Waals surface area contributed by atoms with E-state index in [1.165, 1.54) is 23.9 Å². The molecule has 21 heavy (non-hydrogen) atoms. The number of anilines is 1. The number of rotatable bonds is 5. The summed E-state index contributed by atoms with van der Waals surface area (Å²) in [5, 5.41) is 20.2. The molecule has 2 N–H and O–H groups in total. The third-order valence-corrected chi connectivity index (χ3v) is 3.42. The maximum absolute atomic E-state index is 12.0. The molecule has 0 radical (unpaired) electrons. The minimum atomic E-state index is -0.649. The molecule has 0 aliphatic carbocycles. The van der Waals surface area contributed by atoms with Crippen LogP contribution in [-0.2, 0) is 0 Å². The van der Waals surface area contributed by atoms with E-state index in [9.17, 15) is 14.9 Å². The molecule has 0 saturated carbocycles. The molecule has 0 unspecified atom stereocenters. The zero-order chi connectivity index (χ0) is 15.4. The number of thioether (sulfide) groups is 1. The maximum Gasteiger partial charge on any atom is 0.288 e. The fourth-order valence-electron chi connectivity index (χ4n) is 1.47. The second kappa shape index (κ2) is 6.55. The van der Waals surface area contributed by atoms with E-state index in [-0.39, 0.29) is 22.2 Å². The molecule has 0 aliphatic rings. The minimum absolute atomic E-state index is 0.0298. The van der Waals surface area contributed by atoms with Gasteiger partial charge in [-0.25, -0.2) is 5.10 Å². The first-order chi connectivity index (χ1) is 10.0. The number of hydrogen-bond donors (Lipinski definition) is 2. The van der Waals surface area contributed by atoms with E-state index >= 15 is 0 Å². The van der Waals surface area contributed by atoms with E-state index < -0.39 is 10.8 Å². The molecule has 0 saturated heterocycles. The lowest BCUT2D eigenvalue weighted by molar-refractivity contribution is -0.384. The van der Waals surface area contributed by atoms with Crippen LogP contribution in [0.5, 0.6) is 0 Å². The standard InChI is InChI=1S/C11H10ClN5O3S/c1-2-21-11-14-10(15-16-11)13-9(18)6-3-4-7(12)8(5-6)17(19)20/h3-5H,2H2,1H3,(H2,13,14,15,16,18). The highest BCUT2D eigenvalue weighted by atomic mass is 35.5. The van der Waals surface area contributed by atoms with Crippen LogP contribution in [0.15, 0.2) is 23.4 Å². The lowest BCUT2D eigenvalue weighted by atomic mass is 10.2. The molecule has 0 spiro atoms. The topological polar surface area (TPSA) is 114 Å². The van der Waals surface area contributed by atoms with Crippen molar-refractivity contribution < 1.29 is 9.72 Å². The molecule has 1 amide bonds. The molecule has 110 valence electrons. The Labute approximate surface area is 128 Å². The van der Waals surface area contributed by atoms with Crippen LogP contribution in [0.1, 0.15) is 17.3 Å². The minimum Gasteiger partial charge on any atom is -0.291 e. The number of amides is 1. The summed E-state index contributed by atoms with van der Waals surface area (Å²) in [4.78, 5) is 26.2. The second-order valence-electron chi connectivity index (χ2n) is 3.78. The molecular formula is C11H10ClN5O3S. The van der Waals surface area contributed by atoms with E-state index in [1.807, 2.05) is 6.92 Å². The van der Waals surface area contributed by atoms with Gasteiger partial charge >= 0.3 is 0 Å². The van der Waals surface area contributed by atoms with Gasteiger partial charge in [0.25, 0.3) is 11.6 Å². The van der Waals surface area contributed by atoms with Gasteiger partial charge in [0.15, 0.2) is 0 Å². The Bertz CT molecular complexity index is 690. The van der Waals surface area contributed by atoms with Crippen LogP contribution < -0.4 is 5.32 Å². The number of nitrogens with one attached hydrogen (secondary N) is 2. The van der Waals surface area contributed by atoms with Crippen LogP contribution in [-0.4, -0.2) is 31.8 Å². The van der Waals surface area contributed by atoms with Gasteiger partial charge in [0.05, 0.1) is 4.92 Å². The van der Waals surface area contributed by atoms with E-state index in [1.54, 1.807) is 0 Å². The summed E-state index contributed by atoms with van der Waals surface area (Å²) in [6.45, 7) is 1.95. The van der Waals surface area contributed by atoms with Crippen molar-refractivity contribution >= 4 is 40.9 Å². The molecule has 0 atom stereocenters. The van der Waals surface area contributed by atoms with Gasteiger partial charge in [-0.05, 0) is 17.9 Å². The molecule has 1 heterocycles. The summed E-state index contributed by atoms with van der Waals surface area (Å²) in [7, 11) is 0. The van der Waals surface area contributed by atoms with Crippen molar-refractivity contribution in [3.8, 4) is 0 Å². The van der Waals surface area contributed by atoms with Crippen LogP contribution in [0.25, 0.3) is 0 Å². The second-order valence-corrected chi connectivity index (χ2v) is 5.42. The average Bonchev–Trinajstić information content (AvgIpc) is 2.86. The highest BCUT2D eigenvalue weighted by molar-refractivity contribution is 7.99. The largest absolute Gasteiger partial charge is 0.291 e. The third kappa shape index (κ3) is 3.70. The number of aromatic amines is 1. The van der Waals surface area contributed by atoms with Gasteiger partial charge in [0.2, 0.25) is 11.1 Å². The molecule has 8 nitrogen and oxygen atoms in total. The molecule has 2 rings (SSSR count). The molecule has 2 aromatic rings. The van der Waals surface area contributed by atoms with Crippen LogP contribution >= 0.6 is 23.4 Å². The summed E-state index contributed by atoms with van der Waals surface area (Å²) in [5.41, 5.74) is -0.226. The Balaban J connectivity index is 2.16. The Kier molecular flexibility index (Phi) is 4.76. The molecule has 1 aromatic carbocycles. The first kappa shape index (κ1) is 15.3. The Hall–Kier alpha value is -2.13. The monoisotopic (exact) mass is 327 g/mol. The summed E-state index contributed by atoms with van der Waals surface area (Å²) < 4.78 is 0. The molecular weight excluding hydrogens is 318 g/mol. The molecule has 1 aromatic heterocycles. The fourth-order valence-corrected chi connectivity index (χ4v) is 2.18. The number of nitro benzene ring substituents is 1. The van der Waals surface area contributed by atoms with Crippen LogP contribution in [0.3, 0.4) is 0 Å². The summed E-state index contributed by atoms with van der Waals surface area (Å²) in [6.07, 6.45) is 0. The zero-order valence-electron chi connectivity index (χ0n) is 10.8. The number of hydrogen-bond acceptors (Lipinski definition) is 6.